The molecule has 2 N–H and O–H groups in total. The number of nitrogens with one attached hydrogen (secondary N) is 1. The lowest BCUT2D eigenvalue weighted by Gasteiger charge is -2.19. The molecule has 6 nitrogen and oxygen atoms in total. The molecule has 0 saturated carbocycles. The van der Waals surface area contributed by atoms with Crippen LogP contribution in [0, 0.1) is 0 Å². The molecule has 0 saturated heterocycles. The summed E-state index contributed by atoms with van der Waals surface area (Å²) in [6.07, 6.45) is -1.31. The van der Waals surface area contributed by atoms with E-state index in [0.717, 1.165) is 4.31 Å². The summed E-state index contributed by atoms with van der Waals surface area (Å²) in [5, 5.41) is 12.6. The maximum absolute atomic E-state index is 12.2. The monoisotopic (exact) mass is 284 g/mol. The third-order valence-corrected chi connectivity index (χ3v) is 4.68. The summed E-state index contributed by atoms with van der Waals surface area (Å²) in [4.78, 5) is 11.7. The number of fused-ring (bicyclic) bond motifs is 1. The topological polar surface area (TPSA) is 86.7 Å². The minimum Gasteiger partial charge on any atom is -0.373 e. The smallest absolute Gasteiger partial charge is 0.246 e. The van der Waals surface area contributed by atoms with E-state index < -0.39 is 28.7 Å². The van der Waals surface area contributed by atoms with Crippen LogP contribution >= 0.6 is 0 Å². The van der Waals surface area contributed by atoms with Gasteiger partial charge in [-0.05, 0) is 19.9 Å². The van der Waals surface area contributed by atoms with E-state index in [4.69, 9.17) is 0 Å². The van der Waals surface area contributed by atoms with Crippen molar-refractivity contribution in [3.05, 3.63) is 29.8 Å². The summed E-state index contributed by atoms with van der Waals surface area (Å²) in [6.45, 7) is 3.17. The normalized spacial score (nSPS) is 21.4. The van der Waals surface area contributed by atoms with Gasteiger partial charge in [-0.25, -0.2) is 8.42 Å². The maximum Gasteiger partial charge on any atom is 0.246 e. The largest absolute Gasteiger partial charge is 0.373 e. The number of amides is 1. The summed E-state index contributed by atoms with van der Waals surface area (Å²) >= 11 is 0. The Morgan fingerprint density at radius 3 is 2.63 bits per heavy atom. The predicted octanol–water partition coefficient (Wildman–Crippen LogP) is 0.206. The van der Waals surface area contributed by atoms with E-state index in [1.54, 1.807) is 26.0 Å². The number of aliphatic hydroxyl groups excluding tert-OH is 1. The zero-order valence-corrected chi connectivity index (χ0v) is 11.5. The summed E-state index contributed by atoms with van der Waals surface area (Å²) in [5.74, 6) is -0.439. The summed E-state index contributed by atoms with van der Waals surface area (Å²) in [5.41, 5.74) is 0.305. The highest BCUT2D eigenvalue weighted by atomic mass is 32.2. The highest BCUT2D eigenvalue weighted by molar-refractivity contribution is 7.89. The van der Waals surface area contributed by atoms with Crippen LogP contribution in [-0.4, -0.2) is 36.3 Å². The van der Waals surface area contributed by atoms with Gasteiger partial charge in [-0.15, -0.1) is 0 Å². The molecule has 0 fully saturated rings. The number of hydrogen-bond acceptors (Lipinski definition) is 4. The molecule has 0 unspecified atom stereocenters. The van der Waals surface area contributed by atoms with E-state index in [1.165, 1.54) is 12.1 Å². The molecule has 104 valence electrons. The molecule has 2 rings (SSSR count). The van der Waals surface area contributed by atoms with E-state index >= 15 is 0 Å². The first-order valence-corrected chi connectivity index (χ1v) is 7.36. The van der Waals surface area contributed by atoms with Gasteiger partial charge in [-0.1, -0.05) is 18.2 Å². The van der Waals surface area contributed by atoms with Crippen molar-refractivity contribution in [2.24, 2.45) is 0 Å². The first kappa shape index (κ1) is 14.0. The molecule has 1 heterocycles. The van der Waals surface area contributed by atoms with Gasteiger partial charge >= 0.3 is 0 Å². The van der Waals surface area contributed by atoms with Gasteiger partial charge < -0.3 is 10.4 Å². The second kappa shape index (κ2) is 4.92. The SMILES string of the molecule is CC(C)NC(=O)CN1[C@H](O)c2ccccc2S1(=O)=O. The standard InChI is InChI=1S/C12H16N2O4S/c1-8(2)13-11(15)7-14-12(16)9-5-3-4-6-10(9)19(14,17)18/h3-6,8,12,16H,7H2,1-2H3,(H,13,15)/t12-/m1/s1. The summed E-state index contributed by atoms with van der Waals surface area (Å²) in [7, 11) is -3.80. The van der Waals surface area contributed by atoms with Gasteiger partial charge in [0.15, 0.2) is 0 Å². The average Bonchev–Trinajstić information content (AvgIpc) is 2.51. The van der Waals surface area contributed by atoms with Crippen molar-refractivity contribution in [1.82, 2.24) is 9.62 Å². The molecule has 1 atom stereocenters. The zero-order valence-electron chi connectivity index (χ0n) is 10.7. The number of sulfonamides is 1. The van der Waals surface area contributed by atoms with Crippen LogP contribution in [0.4, 0.5) is 0 Å². The third kappa shape index (κ3) is 2.49. The number of carbonyl (C=O) groups is 1. The molecule has 7 heteroatoms. The molecule has 1 aliphatic heterocycles. The van der Waals surface area contributed by atoms with Gasteiger partial charge in [0.25, 0.3) is 0 Å². The van der Waals surface area contributed by atoms with Gasteiger partial charge in [-0.2, -0.15) is 4.31 Å². The zero-order chi connectivity index (χ0) is 14.2. The van der Waals surface area contributed by atoms with Crippen LogP contribution in [0.2, 0.25) is 0 Å². The van der Waals surface area contributed by atoms with Crippen molar-refractivity contribution in [3.63, 3.8) is 0 Å². The quantitative estimate of drug-likeness (QED) is 0.830. The molecule has 0 aromatic heterocycles. The van der Waals surface area contributed by atoms with Crippen molar-refractivity contribution < 1.29 is 18.3 Å². The Hall–Kier alpha value is -1.44. The van der Waals surface area contributed by atoms with E-state index in [2.05, 4.69) is 5.32 Å². The van der Waals surface area contributed by atoms with Crippen LogP contribution in [0.25, 0.3) is 0 Å². The lowest BCUT2D eigenvalue weighted by molar-refractivity contribution is -0.123. The number of carbonyl (C=O) groups excluding carboxylic acids is 1. The summed E-state index contributed by atoms with van der Waals surface area (Å²) in [6, 6.07) is 6.11. The second-order valence-corrected chi connectivity index (χ2v) is 6.54. The Morgan fingerprint density at radius 2 is 2.05 bits per heavy atom. The molecule has 1 aromatic carbocycles. The van der Waals surface area contributed by atoms with Crippen LogP contribution in [-0.2, 0) is 14.8 Å². The van der Waals surface area contributed by atoms with E-state index in [1.807, 2.05) is 0 Å². The Balaban J connectivity index is 2.28. The third-order valence-electron chi connectivity index (χ3n) is 2.81. The number of hydrogen-bond donors (Lipinski definition) is 2. The predicted molar refractivity (Wildman–Crippen MR) is 68.6 cm³/mol. The molecule has 0 bridgehead atoms. The molecule has 19 heavy (non-hydrogen) atoms. The lowest BCUT2D eigenvalue weighted by Crippen LogP contribution is -2.41. The van der Waals surface area contributed by atoms with Crippen molar-refractivity contribution in [2.45, 2.75) is 31.0 Å². The van der Waals surface area contributed by atoms with Crippen molar-refractivity contribution >= 4 is 15.9 Å². The minimum absolute atomic E-state index is 0.0554. The Bertz CT molecular complexity index is 598. The van der Waals surface area contributed by atoms with Gasteiger partial charge in [-0.3, -0.25) is 4.79 Å². The molecular formula is C12H16N2O4S. The average molecular weight is 284 g/mol. The molecule has 1 aliphatic rings. The van der Waals surface area contributed by atoms with Gasteiger partial charge in [0.1, 0.15) is 6.23 Å². The van der Waals surface area contributed by atoms with Gasteiger partial charge in [0.2, 0.25) is 15.9 Å². The van der Waals surface area contributed by atoms with Crippen LogP contribution in [0.5, 0.6) is 0 Å². The van der Waals surface area contributed by atoms with Gasteiger partial charge in [0.05, 0.1) is 11.4 Å². The fraction of sp³-hybridized carbons (Fsp3) is 0.417. The van der Waals surface area contributed by atoms with Crippen molar-refractivity contribution in [1.29, 1.82) is 0 Å². The second-order valence-electron chi connectivity index (χ2n) is 4.68. The first-order valence-electron chi connectivity index (χ1n) is 5.92. The number of nitrogens with zero attached hydrogens (tertiary/aromatic N) is 1. The van der Waals surface area contributed by atoms with Crippen LogP contribution < -0.4 is 5.32 Å². The fourth-order valence-electron chi connectivity index (χ4n) is 2.02. The van der Waals surface area contributed by atoms with E-state index in [0.29, 0.717) is 5.56 Å². The Morgan fingerprint density at radius 1 is 1.42 bits per heavy atom. The number of benzene rings is 1. The lowest BCUT2D eigenvalue weighted by atomic mass is 10.2. The molecule has 1 aromatic rings. The minimum atomic E-state index is -3.80. The van der Waals surface area contributed by atoms with E-state index in [9.17, 15) is 18.3 Å². The molecule has 0 radical (unpaired) electrons. The highest BCUT2D eigenvalue weighted by Crippen LogP contribution is 2.37. The number of aliphatic hydroxyl groups is 1. The molecule has 1 amide bonds. The van der Waals surface area contributed by atoms with Gasteiger partial charge in [0, 0.05) is 11.6 Å². The molecular weight excluding hydrogens is 268 g/mol. The number of rotatable bonds is 3. The Labute approximate surface area is 112 Å². The van der Waals surface area contributed by atoms with Crippen molar-refractivity contribution in [3.8, 4) is 0 Å². The van der Waals surface area contributed by atoms with Crippen molar-refractivity contribution in [2.75, 3.05) is 6.54 Å². The van der Waals surface area contributed by atoms with E-state index in [-0.39, 0.29) is 10.9 Å². The van der Waals surface area contributed by atoms with Crippen LogP contribution in [0.3, 0.4) is 0 Å². The fourth-order valence-corrected chi connectivity index (χ4v) is 3.66. The molecule has 0 aliphatic carbocycles. The molecule has 0 spiro atoms. The maximum atomic E-state index is 12.2. The Kier molecular flexibility index (Phi) is 3.62. The van der Waals surface area contributed by atoms with Crippen LogP contribution in [0.15, 0.2) is 29.2 Å². The highest BCUT2D eigenvalue weighted by Gasteiger charge is 2.42. The first-order chi connectivity index (χ1) is 8.84. The summed E-state index contributed by atoms with van der Waals surface area (Å²) < 4.78 is 25.2. The van der Waals surface area contributed by atoms with Crippen LogP contribution in [0.1, 0.15) is 25.6 Å².